The standard InChI is InChI=1S/C6H11NO/c1-6(3-4-7)5-8-2/h6H,3,5H2,1-2H3/t6-/m1/s1. The van der Waals surface area contributed by atoms with Crippen LogP contribution in [-0.2, 0) is 4.74 Å². The minimum Gasteiger partial charge on any atom is -0.384 e. The normalized spacial score (nSPS) is 12.6. The van der Waals surface area contributed by atoms with Crippen LogP contribution in [0.15, 0.2) is 0 Å². The maximum absolute atomic E-state index is 8.16. The molecule has 0 aliphatic rings. The fraction of sp³-hybridized carbons (Fsp3) is 0.833. The Labute approximate surface area is 50.1 Å². The fourth-order valence-electron chi connectivity index (χ4n) is 0.499. The number of hydrogen-bond donors (Lipinski definition) is 0. The first-order valence-electron chi connectivity index (χ1n) is 2.67. The van der Waals surface area contributed by atoms with Crippen LogP contribution in [0.3, 0.4) is 0 Å². The molecule has 0 aromatic heterocycles. The van der Waals surface area contributed by atoms with Crippen molar-refractivity contribution in [3.05, 3.63) is 0 Å². The molecule has 0 spiro atoms. The van der Waals surface area contributed by atoms with Gasteiger partial charge in [0.05, 0.1) is 6.07 Å². The van der Waals surface area contributed by atoms with E-state index in [1.54, 1.807) is 7.11 Å². The summed E-state index contributed by atoms with van der Waals surface area (Å²) in [6.45, 7) is 2.68. The second-order valence-electron chi connectivity index (χ2n) is 1.92. The van der Waals surface area contributed by atoms with Crippen molar-refractivity contribution in [2.45, 2.75) is 13.3 Å². The van der Waals surface area contributed by atoms with Crippen molar-refractivity contribution >= 4 is 0 Å². The minimum absolute atomic E-state index is 0.380. The molecule has 46 valence electrons. The number of nitrogens with zero attached hydrogens (tertiary/aromatic N) is 1. The van der Waals surface area contributed by atoms with Crippen LogP contribution in [0.5, 0.6) is 0 Å². The molecule has 0 aromatic carbocycles. The molecule has 0 amide bonds. The second-order valence-corrected chi connectivity index (χ2v) is 1.92. The highest BCUT2D eigenvalue weighted by Crippen LogP contribution is 1.98. The first kappa shape index (κ1) is 7.45. The molecule has 0 saturated carbocycles. The second kappa shape index (κ2) is 4.61. The summed E-state index contributed by atoms with van der Waals surface area (Å²) in [5.74, 6) is 0.380. The van der Waals surface area contributed by atoms with Gasteiger partial charge in [-0.15, -0.1) is 0 Å². The molecule has 2 heteroatoms. The van der Waals surface area contributed by atoms with Crippen LogP contribution >= 0.6 is 0 Å². The van der Waals surface area contributed by atoms with Gasteiger partial charge in [0.25, 0.3) is 0 Å². The maximum atomic E-state index is 8.16. The van der Waals surface area contributed by atoms with Crippen LogP contribution in [0.2, 0.25) is 0 Å². The Hall–Kier alpha value is -0.550. The van der Waals surface area contributed by atoms with Gasteiger partial charge in [-0.25, -0.2) is 0 Å². The number of nitriles is 1. The molecule has 2 nitrogen and oxygen atoms in total. The molecule has 0 N–H and O–H groups in total. The highest BCUT2D eigenvalue weighted by Gasteiger charge is 1.96. The van der Waals surface area contributed by atoms with Crippen LogP contribution in [0, 0.1) is 17.2 Å². The SMILES string of the molecule is COC[C@H](C)CC#N. The Morgan fingerprint density at radius 2 is 2.38 bits per heavy atom. The number of methoxy groups -OCH3 is 1. The largest absolute Gasteiger partial charge is 0.384 e. The van der Waals surface area contributed by atoms with E-state index in [0.717, 1.165) is 0 Å². The number of rotatable bonds is 3. The average molecular weight is 113 g/mol. The number of ether oxygens (including phenoxy) is 1. The molecule has 0 rings (SSSR count). The van der Waals surface area contributed by atoms with Crippen LogP contribution in [0.1, 0.15) is 13.3 Å². The first-order valence-corrected chi connectivity index (χ1v) is 2.67. The van der Waals surface area contributed by atoms with Gasteiger partial charge in [-0.1, -0.05) is 6.92 Å². The molecule has 0 heterocycles. The predicted octanol–water partition coefficient (Wildman–Crippen LogP) is 1.18. The van der Waals surface area contributed by atoms with Gasteiger partial charge >= 0.3 is 0 Å². The van der Waals surface area contributed by atoms with E-state index in [4.69, 9.17) is 10.00 Å². The van der Waals surface area contributed by atoms with Crippen molar-refractivity contribution in [3.8, 4) is 6.07 Å². The highest BCUT2D eigenvalue weighted by atomic mass is 16.5. The monoisotopic (exact) mass is 113 g/mol. The molecule has 8 heavy (non-hydrogen) atoms. The van der Waals surface area contributed by atoms with Crippen LogP contribution in [0.25, 0.3) is 0 Å². The third-order valence-electron chi connectivity index (χ3n) is 0.891. The molecule has 0 aliphatic heterocycles. The lowest BCUT2D eigenvalue weighted by atomic mass is 10.1. The molecule has 0 aromatic rings. The van der Waals surface area contributed by atoms with E-state index in [9.17, 15) is 0 Å². The lowest BCUT2D eigenvalue weighted by Crippen LogP contribution is -2.01. The van der Waals surface area contributed by atoms with Crippen molar-refractivity contribution in [2.24, 2.45) is 5.92 Å². The lowest BCUT2D eigenvalue weighted by Gasteiger charge is -2.01. The summed E-state index contributed by atoms with van der Waals surface area (Å²) < 4.78 is 4.81. The summed E-state index contributed by atoms with van der Waals surface area (Å²) in [5.41, 5.74) is 0. The van der Waals surface area contributed by atoms with Crippen molar-refractivity contribution in [2.75, 3.05) is 13.7 Å². The molecule has 0 unspecified atom stereocenters. The molecular weight excluding hydrogens is 102 g/mol. The van der Waals surface area contributed by atoms with Gasteiger partial charge in [0.15, 0.2) is 0 Å². The smallest absolute Gasteiger partial charge is 0.0625 e. The molecule has 0 fully saturated rings. The zero-order valence-corrected chi connectivity index (χ0v) is 5.35. The Bertz CT molecular complexity index is 85.0. The molecule has 0 bridgehead atoms. The van der Waals surface area contributed by atoms with Gasteiger partial charge in [-0.05, 0) is 5.92 Å². The van der Waals surface area contributed by atoms with Gasteiger partial charge < -0.3 is 4.74 Å². The Morgan fingerprint density at radius 1 is 1.75 bits per heavy atom. The molecule has 0 saturated heterocycles. The van der Waals surface area contributed by atoms with Gasteiger partial charge in [-0.3, -0.25) is 0 Å². The predicted molar refractivity (Wildman–Crippen MR) is 31.3 cm³/mol. The van der Waals surface area contributed by atoms with Crippen molar-refractivity contribution < 1.29 is 4.74 Å². The topological polar surface area (TPSA) is 33.0 Å². The number of hydrogen-bond acceptors (Lipinski definition) is 2. The van der Waals surface area contributed by atoms with E-state index in [0.29, 0.717) is 18.9 Å². The average Bonchev–Trinajstić information content (AvgIpc) is 1.68. The summed E-state index contributed by atoms with van der Waals surface area (Å²) in [6, 6.07) is 2.07. The maximum Gasteiger partial charge on any atom is 0.0625 e. The Kier molecular flexibility index (Phi) is 4.29. The zero-order chi connectivity index (χ0) is 6.41. The first-order chi connectivity index (χ1) is 3.81. The van der Waals surface area contributed by atoms with E-state index >= 15 is 0 Å². The Morgan fingerprint density at radius 3 is 2.75 bits per heavy atom. The summed E-state index contributed by atoms with van der Waals surface area (Å²) >= 11 is 0. The molecular formula is C6H11NO. The van der Waals surface area contributed by atoms with Gasteiger partial charge in [0.2, 0.25) is 0 Å². The van der Waals surface area contributed by atoms with Gasteiger partial charge in [0.1, 0.15) is 0 Å². The summed E-state index contributed by atoms with van der Waals surface area (Å²) in [7, 11) is 1.65. The fourth-order valence-corrected chi connectivity index (χ4v) is 0.499. The summed E-state index contributed by atoms with van der Waals surface area (Å²) in [5, 5.41) is 8.16. The van der Waals surface area contributed by atoms with E-state index in [1.807, 2.05) is 6.92 Å². The minimum atomic E-state index is 0.380. The highest BCUT2D eigenvalue weighted by molar-refractivity contribution is 4.72. The third-order valence-corrected chi connectivity index (χ3v) is 0.891. The zero-order valence-electron chi connectivity index (χ0n) is 5.35. The van der Waals surface area contributed by atoms with Crippen molar-refractivity contribution in [1.29, 1.82) is 5.26 Å². The molecule has 0 aliphatic carbocycles. The van der Waals surface area contributed by atoms with E-state index in [-0.39, 0.29) is 0 Å². The van der Waals surface area contributed by atoms with Crippen LogP contribution in [0.4, 0.5) is 0 Å². The van der Waals surface area contributed by atoms with E-state index in [1.165, 1.54) is 0 Å². The van der Waals surface area contributed by atoms with Gasteiger partial charge in [-0.2, -0.15) is 5.26 Å². The van der Waals surface area contributed by atoms with E-state index < -0.39 is 0 Å². The van der Waals surface area contributed by atoms with Crippen molar-refractivity contribution in [1.82, 2.24) is 0 Å². The quantitative estimate of drug-likeness (QED) is 0.550. The van der Waals surface area contributed by atoms with Gasteiger partial charge in [0, 0.05) is 20.1 Å². The van der Waals surface area contributed by atoms with Crippen LogP contribution < -0.4 is 0 Å². The summed E-state index contributed by atoms with van der Waals surface area (Å²) in [4.78, 5) is 0. The lowest BCUT2D eigenvalue weighted by molar-refractivity contribution is 0.161. The van der Waals surface area contributed by atoms with Crippen molar-refractivity contribution in [3.63, 3.8) is 0 Å². The van der Waals surface area contributed by atoms with E-state index in [2.05, 4.69) is 6.07 Å². The Balaban J connectivity index is 3.08. The summed E-state index contributed by atoms with van der Waals surface area (Å²) in [6.07, 6.45) is 0.591. The molecule has 0 radical (unpaired) electrons. The molecule has 1 atom stereocenters. The van der Waals surface area contributed by atoms with Crippen LogP contribution in [-0.4, -0.2) is 13.7 Å². The third kappa shape index (κ3) is 3.63.